The third kappa shape index (κ3) is 2.67. The Hall–Kier alpha value is -1.83. The first kappa shape index (κ1) is 14.1. The molecule has 0 heterocycles. The summed E-state index contributed by atoms with van der Waals surface area (Å²) in [6.45, 7) is 2.04. The molecule has 1 N–H and O–H groups in total. The second-order valence-electron chi connectivity index (χ2n) is 5.30. The van der Waals surface area contributed by atoms with E-state index in [2.05, 4.69) is 59.9 Å². The Morgan fingerprint density at radius 1 is 0.952 bits per heavy atom. The SMILES string of the molecule is CNC(c1ccc(Cl)c(C)c1)c1cccc2ccccc12. The molecule has 0 aliphatic rings. The average molecular weight is 296 g/mol. The molecule has 1 unspecified atom stereocenters. The van der Waals surface area contributed by atoms with Gasteiger partial charge in [0.1, 0.15) is 0 Å². The zero-order valence-electron chi connectivity index (χ0n) is 12.2. The molecule has 1 nitrogen and oxygen atoms in total. The highest BCUT2D eigenvalue weighted by molar-refractivity contribution is 6.31. The monoisotopic (exact) mass is 295 g/mol. The van der Waals surface area contributed by atoms with Crippen LogP contribution in [0.3, 0.4) is 0 Å². The maximum Gasteiger partial charge on any atom is 0.0580 e. The van der Waals surface area contributed by atoms with Crippen LogP contribution >= 0.6 is 11.6 Å². The van der Waals surface area contributed by atoms with Crippen LogP contribution in [-0.2, 0) is 0 Å². The summed E-state index contributed by atoms with van der Waals surface area (Å²) in [5, 5.41) is 6.79. The fourth-order valence-electron chi connectivity index (χ4n) is 2.85. The van der Waals surface area contributed by atoms with Crippen LogP contribution in [0.2, 0.25) is 5.02 Å². The number of hydrogen-bond acceptors (Lipinski definition) is 1. The van der Waals surface area contributed by atoms with Crippen molar-refractivity contribution in [2.45, 2.75) is 13.0 Å². The molecule has 2 heteroatoms. The minimum Gasteiger partial charge on any atom is -0.309 e. The molecule has 0 aromatic heterocycles. The van der Waals surface area contributed by atoms with E-state index in [0.717, 1.165) is 10.6 Å². The molecule has 0 bridgehead atoms. The lowest BCUT2D eigenvalue weighted by molar-refractivity contribution is 0.696. The lowest BCUT2D eigenvalue weighted by atomic mass is 9.93. The van der Waals surface area contributed by atoms with Crippen LogP contribution < -0.4 is 5.32 Å². The highest BCUT2D eigenvalue weighted by Crippen LogP contribution is 2.30. The van der Waals surface area contributed by atoms with E-state index in [0.29, 0.717) is 0 Å². The maximum atomic E-state index is 6.15. The predicted octanol–water partition coefficient (Wildman–Crippen LogP) is 5.11. The summed E-state index contributed by atoms with van der Waals surface area (Å²) in [5.41, 5.74) is 3.63. The van der Waals surface area contributed by atoms with Crippen molar-refractivity contribution < 1.29 is 0 Å². The number of benzene rings is 3. The van der Waals surface area contributed by atoms with Gasteiger partial charge in [-0.1, -0.05) is 66.2 Å². The zero-order chi connectivity index (χ0) is 14.8. The summed E-state index contributed by atoms with van der Waals surface area (Å²) in [4.78, 5) is 0. The second-order valence-corrected chi connectivity index (χ2v) is 5.71. The zero-order valence-corrected chi connectivity index (χ0v) is 13.0. The van der Waals surface area contributed by atoms with Gasteiger partial charge in [0, 0.05) is 5.02 Å². The van der Waals surface area contributed by atoms with Crippen molar-refractivity contribution in [2.24, 2.45) is 0 Å². The number of halogens is 1. The van der Waals surface area contributed by atoms with Gasteiger partial charge >= 0.3 is 0 Å². The van der Waals surface area contributed by atoms with Crippen LogP contribution in [0.5, 0.6) is 0 Å². The molecule has 0 spiro atoms. The standard InChI is InChI=1S/C19H18ClN/c1-13-12-15(10-11-18(13)20)19(21-2)17-9-5-7-14-6-3-4-8-16(14)17/h3-12,19,21H,1-2H3. The van der Waals surface area contributed by atoms with Crippen LogP contribution in [0, 0.1) is 6.92 Å². The molecule has 3 aromatic carbocycles. The summed E-state index contributed by atoms with van der Waals surface area (Å²) in [5.74, 6) is 0. The first-order valence-electron chi connectivity index (χ1n) is 7.11. The van der Waals surface area contributed by atoms with E-state index in [9.17, 15) is 0 Å². The van der Waals surface area contributed by atoms with Gasteiger partial charge in [-0.05, 0) is 47.5 Å². The van der Waals surface area contributed by atoms with Gasteiger partial charge in [-0.3, -0.25) is 0 Å². The minimum atomic E-state index is 0.159. The molecule has 3 aromatic rings. The van der Waals surface area contributed by atoms with Gasteiger partial charge in [-0.2, -0.15) is 0 Å². The van der Waals surface area contributed by atoms with Crippen molar-refractivity contribution in [2.75, 3.05) is 7.05 Å². The van der Waals surface area contributed by atoms with Crippen LogP contribution in [0.15, 0.2) is 60.7 Å². The quantitative estimate of drug-likeness (QED) is 0.708. The van der Waals surface area contributed by atoms with Gasteiger partial charge in [0.05, 0.1) is 6.04 Å². The Bertz CT molecular complexity index is 774. The van der Waals surface area contributed by atoms with E-state index in [1.165, 1.54) is 21.9 Å². The van der Waals surface area contributed by atoms with E-state index < -0.39 is 0 Å². The van der Waals surface area contributed by atoms with Crippen molar-refractivity contribution in [3.63, 3.8) is 0 Å². The maximum absolute atomic E-state index is 6.15. The molecule has 0 aliphatic heterocycles. The minimum absolute atomic E-state index is 0.159. The Morgan fingerprint density at radius 2 is 1.71 bits per heavy atom. The van der Waals surface area contributed by atoms with Crippen LogP contribution in [0.25, 0.3) is 10.8 Å². The highest BCUT2D eigenvalue weighted by Gasteiger charge is 2.15. The molecular weight excluding hydrogens is 278 g/mol. The first-order chi connectivity index (χ1) is 10.2. The number of fused-ring (bicyclic) bond motifs is 1. The molecule has 0 aliphatic carbocycles. The van der Waals surface area contributed by atoms with Crippen molar-refractivity contribution >= 4 is 22.4 Å². The van der Waals surface area contributed by atoms with Crippen molar-refractivity contribution in [3.8, 4) is 0 Å². The normalized spacial score (nSPS) is 12.5. The topological polar surface area (TPSA) is 12.0 Å². The van der Waals surface area contributed by atoms with E-state index in [1.54, 1.807) is 0 Å². The van der Waals surface area contributed by atoms with Gasteiger partial charge in [-0.15, -0.1) is 0 Å². The Kier molecular flexibility index (Phi) is 3.96. The molecular formula is C19H18ClN. The first-order valence-corrected chi connectivity index (χ1v) is 7.49. The third-order valence-corrected chi connectivity index (χ3v) is 4.36. The summed E-state index contributed by atoms with van der Waals surface area (Å²) in [6.07, 6.45) is 0. The van der Waals surface area contributed by atoms with Crippen molar-refractivity contribution in [1.82, 2.24) is 5.32 Å². The molecule has 21 heavy (non-hydrogen) atoms. The number of rotatable bonds is 3. The van der Waals surface area contributed by atoms with E-state index in [-0.39, 0.29) is 6.04 Å². The number of nitrogens with one attached hydrogen (secondary N) is 1. The summed E-state index contributed by atoms with van der Waals surface area (Å²) >= 11 is 6.15. The lowest BCUT2D eigenvalue weighted by Gasteiger charge is -2.20. The Balaban J connectivity index is 2.16. The van der Waals surface area contributed by atoms with Crippen molar-refractivity contribution in [3.05, 3.63) is 82.4 Å². The van der Waals surface area contributed by atoms with Gasteiger partial charge in [0.2, 0.25) is 0 Å². The highest BCUT2D eigenvalue weighted by atomic mass is 35.5. The van der Waals surface area contributed by atoms with Crippen LogP contribution in [0.4, 0.5) is 0 Å². The summed E-state index contributed by atoms with van der Waals surface area (Å²) in [7, 11) is 2.00. The van der Waals surface area contributed by atoms with Crippen molar-refractivity contribution in [1.29, 1.82) is 0 Å². The average Bonchev–Trinajstić information content (AvgIpc) is 2.52. The largest absolute Gasteiger partial charge is 0.309 e. The number of hydrogen-bond donors (Lipinski definition) is 1. The second kappa shape index (κ2) is 5.88. The fraction of sp³-hybridized carbons (Fsp3) is 0.158. The molecule has 3 rings (SSSR count). The van der Waals surface area contributed by atoms with Gasteiger partial charge in [0.25, 0.3) is 0 Å². The summed E-state index contributed by atoms with van der Waals surface area (Å²) < 4.78 is 0. The molecule has 0 saturated heterocycles. The molecule has 106 valence electrons. The van der Waals surface area contributed by atoms with Gasteiger partial charge in [0.15, 0.2) is 0 Å². The van der Waals surface area contributed by atoms with Gasteiger partial charge in [-0.25, -0.2) is 0 Å². The smallest absolute Gasteiger partial charge is 0.0580 e. The molecule has 0 saturated carbocycles. The predicted molar refractivity (Wildman–Crippen MR) is 91.0 cm³/mol. The lowest BCUT2D eigenvalue weighted by Crippen LogP contribution is -2.18. The molecule has 0 fully saturated rings. The van der Waals surface area contributed by atoms with Gasteiger partial charge < -0.3 is 5.32 Å². The van der Waals surface area contributed by atoms with E-state index in [1.807, 2.05) is 20.0 Å². The van der Waals surface area contributed by atoms with Crippen LogP contribution in [0.1, 0.15) is 22.7 Å². The molecule has 0 radical (unpaired) electrons. The Labute approximate surface area is 130 Å². The van der Waals surface area contributed by atoms with Crippen LogP contribution in [-0.4, -0.2) is 7.05 Å². The number of aryl methyl sites for hydroxylation is 1. The molecule has 0 amide bonds. The fourth-order valence-corrected chi connectivity index (χ4v) is 2.97. The third-order valence-electron chi connectivity index (χ3n) is 3.94. The van der Waals surface area contributed by atoms with E-state index >= 15 is 0 Å². The molecule has 1 atom stereocenters. The summed E-state index contributed by atoms with van der Waals surface area (Å²) in [6, 6.07) is 21.3. The Morgan fingerprint density at radius 3 is 2.48 bits per heavy atom. The van der Waals surface area contributed by atoms with E-state index in [4.69, 9.17) is 11.6 Å².